The van der Waals surface area contributed by atoms with Gasteiger partial charge in [0.1, 0.15) is 0 Å². The number of rotatable bonds is 5. The van der Waals surface area contributed by atoms with Crippen molar-refractivity contribution in [2.24, 2.45) is 0 Å². The second-order valence-corrected chi connectivity index (χ2v) is 4.50. The minimum Gasteiger partial charge on any atom is -0.352 e. The van der Waals surface area contributed by atoms with Crippen molar-refractivity contribution in [1.82, 2.24) is 15.5 Å². The number of aromatic nitrogens is 2. The Bertz CT molecular complexity index is 639. The monoisotopic (exact) mass is 293 g/mol. The quantitative estimate of drug-likeness (QED) is 0.851. The SMILES string of the molecule is Cc1nc(-c2cccc(C(=O)NCCC(=O)Cl)c2)no1. The number of carbonyl (C=O) groups is 2. The van der Waals surface area contributed by atoms with Crippen LogP contribution >= 0.6 is 11.6 Å². The van der Waals surface area contributed by atoms with E-state index in [4.69, 9.17) is 16.1 Å². The van der Waals surface area contributed by atoms with Crippen LogP contribution in [0.1, 0.15) is 22.7 Å². The summed E-state index contributed by atoms with van der Waals surface area (Å²) < 4.78 is 4.90. The van der Waals surface area contributed by atoms with Gasteiger partial charge in [0.25, 0.3) is 5.91 Å². The molecule has 1 aromatic heterocycles. The predicted molar refractivity (Wildman–Crippen MR) is 72.3 cm³/mol. The highest BCUT2D eigenvalue weighted by atomic mass is 35.5. The summed E-state index contributed by atoms with van der Waals surface area (Å²) in [7, 11) is 0. The van der Waals surface area contributed by atoms with E-state index in [1.807, 2.05) is 0 Å². The molecule has 0 spiro atoms. The zero-order chi connectivity index (χ0) is 14.5. The summed E-state index contributed by atoms with van der Waals surface area (Å²) in [6.45, 7) is 1.89. The lowest BCUT2D eigenvalue weighted by molar-refractivity contribution is -0.111. The van der Waals surface area contributed by atoms with Crippen LogP contribution in [0.2, 0.25) is 0 Å². The summed E-state index contributed by atoms with van der Waals surface area (Å²) in [6.07, 6.45) is 0.0943. The lowest BCUT2D eigenvalue weighted by Gasteiger charge is -2.04. The highest BCUT2D eigenvalue weighted by Gasteiger charge is 2.10. The maximum absolute atomic E-state index is 11.9. The van der Waals surface area contributed by atoms with Crippen LogP contribution in [0.15, 0.2) is 28.8 Å². The standard InChI is InChI=1S/C13H12ClN3O3/c1-8-16-12(17-20-8)9-3-2-4-10(7-9)13(19)15-6-5-11(14)18/h2-4,7H,5-6H2,1H3,(H,15,19). The third-order valence-electron chi connectivity index (χ3n) is 2.52. The number of hydrogen-bond donors (Lipinski definition) is 1. The predicted octanol–water partition coefficient (Wildman–Crippen LogP) is 1.93. The molecule has 1 aromatic carbocycles. The molecular formula is C13H12ClN3O3. The van der Waals surface area contributed by atoms with Gasteiger partial charge in [0.2, 0.25) is 17.0 Å². The number of nitrogens with one attached hydrogen (secondary N) is 1. The van der Waals surface area contributed by atoms with Crippen molar-refractivity contribution in [2.75, 3.05) is 6.54 Å². The average molecular weight is 294 g/mol. The van der Waals surface area contributed by atoms with E-state index in [0.717, 1.165) is 0 Å². The fourth-order valence-corrected chi connectivity index (χ4v) is 1.69. The van der Waals surface area contributed by atoms with E-state index in [-0.39, 0.29) is 18.9 Å². The van der Waals surface area contributed by atoms with Crippen LogP contribution in [0.4, 0.5) is 0 Å². The second-order valence-electron chi connectivity index (χ2n) is 4.08. The largest absolute Gasteiger partial charge is 0.352 e. The summed E-state index contributed by atoms with van der Waals surface area (Å²) in [6, 6.07) is 6.82. The van der Waals surface area contributed by atoms with Gasteiger partial charge in [0.05, 0.1) is 0 Å². The van der Waals surface area contributed by atoms with E-state index in [0.29, 0.717) is 22.8 Å². The van der Waals surface area contributed by atoms with Gasteiger partial charge in [-0.3, -0.25) is 9.59 Å². The van der Waals surface area contributed by atoms with Gasteiger partial charge in [0, 0.05) is 31.0 Å². The van der Waals surface area contributed by atoms with Crippen LogP contribution in [0.25, 0.3) is 11.4 Å². The Labute approximate surface area is 120 Å². The lowest BCUT2D eigenvalue weighted by Crippen LogP contribution is -2.25. The smallest absolute Gasteiger partial charge is 0.251 e. The number of carbonyl (C=O) groups excluding carboxylic acids is 2. The third-order valence-corrected chi connectivity index (χ3v) is 2.71. The van der Waals surface area contributed by atoms with E-state index in [1.54, 1.807) is 31.2 Å². The lowest BCUT2D eigenvalue weighted by atomic mass is 10.1. The molecule has 7 heteroatoms. The summed E-state index contributed by atoms with van der Waals surface area (Å²) >= 11 is 5.20. The molecule has 0 aliphatic rings. The van der Waals surface area contributed by atoms with E-state index in [1.165, 1.54) is 0 Å². The molecule has 104 valence electrons. The van der Waals surface area contributed by atoms with E-state index < -0.39 is 5.24 Å². The van der Waals surface area contributed by atoms with Crippen molar-refractivity contribution in [3.05, 3.63) is 35.7 Å². The first-order valence-electron chi connectivity index (χ1n) is 5.93. The number of amides is 1. The molecule has 0 unspecified atom stereocenters. The summed E-state index contributed by atoms with van der Waals surface area (Å²) in [4.78, 5) is 26.6. The fourth-order valence-electron chi connectivity index (χ4n) is 1.59. The maximum Gasteiger partial charge on any atom is 0.251 e. The van der Waals surface area contributed by atoms with Gasteiger partial charge < -0.3 is 9.84 Å². The van der Waals surface area contributed by atoms with E-state index >= 15 is 0 Å². The highest BCUT2D eigenvalue weighted by molar-refractivity contribution is 6.63. The van der Waals surface area contributed by atoms with Gasteiger partial charge in [-0.05, 0) is 23.7 Å². The van der Waals surface area contributed by atoms with Gasteiger partial charge in [-0.25, -0.2) is 0 Å². The molecule has 0 fully saturated rings. The molecule has 0 aliphatic heterocycles. The molecule has 1 amide bonds. The molecule has 2 aromatic rings. The molecule has 0 aliphatic carbocycles. The van der Waals surface area contributed by atoms with Crippen LogP contribution in [0.3, 0.4) is 0 Å². The van der Waals surface area contributed by atoms with Crippen molar-refractivity contribution in [3.63, 3.8) is 0 Å². The van der Waals surface area contributed by atoms with Crippen molar-refractivity contribution in [2.45, 2.75) is 13.3 Å². The Balaban J connectivity index is 2.09. The first kappa shape index (κ1) is 14.2. The van der Waals surface area contributed by atoms with E-state index in [9.17, 15) is 9.59 Å². The normalized spacial score (nSPS) is 10.3. The first-order valence-corrected chi connectivity index (χ1v) is 6.31. The van der Waals surface area contributed by atoms with Gasteiger partial charge in [-0.1, -0.05) is 17.3 Å². The van der Waals surface area contributed by atoms with E-state index in [2.05, 4.69) is 15.5 Å². The molecular weight excluding hydrogens is 282 g/mol. The second kappa shape index (κ2) is 6.29. The number of aryl methyl sites for hydroxylation is 1. The van der Waals surface area contributed by atoms with Crippen molar-refractivity contribution < 1.29 is 14.1 Å². The zero-order valence-corrected chi connectivity index (χ0v) is 11.5. The minimum absolute atomic E-state index is 0.0943. The highest BCUT2D eigenvalue weighted by Crippen LogP contribution is 2.17. The molecule has 0 radical (unpaired) electrons. The van der Waals surface area contributed by atoms with Gasteiger partial charge in [0.15, 0.2) is 0 Å². The van der Waals surface area contributed by atoms with Gasteiger partial charge in [-0.2, -0.15) is 4.98 Å². The zero-order valence-electron chi connectivity index (χ0n) is 10.7. The summed E-state index contributed by atoms with van der Waals surface area (Å²) in [5.41, 5.74) is 1.13. The number of hydrogen-bond acceptors (Lipinski definition) is 5. The van der Waals surface area contributed by atoms with Crippen LogP contribution < -0.4 is 5.32 Å². The van der Waals surface area contributed by atoms with Gasteiger partial charge >= 0.3 is 0 Å². The van der Waals surface area contributed by atoms with Crippen LogP contribution in [-0.4, -0.2) is 27.8 Å². The Hall–Kier alpha value is -2.21. The van der Waals surface area contributed by atoms with Crippen molar-refractivity contribution in [3.8, 4) is 11.4 Å². The first-order chi connectivity index (χ1) is 9.56. The maximum atomic E-state index is 11.9. The number of halogens is 1. The molecule has 0 saturated heterocycles. The van der Waals surface area contributed by atoms with Crippen LogP contribution in [-0.2, 0) is 4.79 Å². The average Bonchev–Trinajstić information content (AvgIpc) is 2.85. The van der Waals surface area contributed by atoms with Crippen molar-refractivity contribution >= 4 is 22.8 Å². The molecule has 1 heterocycles. The van der Waals surface area contributed by atoms with Crippen LogP contribution in [0.5, 0.6) is 0 Å². The van der Waals surface area contributed by atoms with Gasteiger partial charge in [-0.15, -0.1) is 0 Å². The van der Waals surface area contributed by atoms with Crippen molar-refractivity contribution in [1.29, 1.82) is 0 Å². The molecule has 2 rings (SSSR count). The molecule has 1 N–H and O–H groups in total. The third kappa shape index (κ3) is 3.64. The topological polar surface area (TPSA) is 85.1 Å². The molecule has 0 saturated carbocycles. The Morgan fingerprint density at radius 2 is 2.20 bits per heavy atom. The molecule has 0 bridgehead atoms. The molecule has 0 atom stereocenters. The Morgan fingerprint density at radius 3 is 2.85 bits per heavy atom. The Kier molecular flexibility index (Phi) is 4.47. The Morgan fingerprint density at radius 1 is 1.40 bits per heavy atom. The minimum atomic E-state index is -0.485. The fraction of sp³-hybridized carbons (Fsp3) is 0.231. The van der Waals surface area contributed by atoms with Crippen LogP contribution in [0, 0.1) is 6.92 Å². The molecule has 6 nitrogen and oxygen atoms in total. The number of nitrogens with zero attached hydrogens (tertiary/aromatic N) is 2. The number of benzene rings is 1. The molecule has 20 heavy (non-hydrogen) atoms. The summed E-state index contributed by atoms with van der Waals surface area (Å²) in [5, 5.41) is 5.91. The summed E-state index contributed by atoms with van der Waals surface area (Å²) in [5.74, 6) is 0.591.